The first-order valence-corrected chi connectivity index (χ1v) is 5.87. The highest BCUT2D eigenvalue weighted by Gasteiger charge is 2.13. The molecule has 2 N–H and O–H groups in total. The normalized spacial score (nSPS) is 9.83. The van der Waals surface area contributed by atoms with Crippen molar-refractivity contribution < 1.29 is 14.0 Å². The molecular weight excluding hydrogens is 300 g/mol. The number of amides is 3. The van der Waals surface area contributed by atoms with E-state index in [2.05, 4.69) is 26.6 Å². The molecule has 1 aromatic carbocycles. The number of anilines is 1. The van der Waals surface area contributed by atoms with E-state index in [0.29, 0.717) is 10.4 Å². The molecule has 3 amide bonds. The molecule has 0 aliphatic rings. The molecule has 92 valence electrons. The summed E-state index contributed by atoms with van der Waals surface area (Å²) < 4.78 is 5.45. The molecule has 6 heteroatoms. The van der Waals surface area contributed by atoms with Gasteiger partial charge in [-0.1, -0.05) is 18.2 Å². The van der Waals surface area contributed by atoms with Gasteiger partial charge in [0.05, 0.1) is 0 Å². The average Bonchev–Trinajstić information content (AvgIpc) is 2.77. The molecule has 2 aromatic rings. The van der Waals surface area contributed by atoms with Gasteiger partial charge in [0.25, 0.3) is 5.91 Å². The molecule has 0 aliphatic heterocycles. The van der Waals surface area contributed by atoms with Crippen molar-refractivity contribution in [2.45, 2.75) is 0 Å². The Balaban J connectivity index is 1.94. The molecule has 0 spiro atoms. The van der Waals surface area contributed by atoms with E-state index in [1.165, 1.54) is 6.07 Å². The monoisotopic (exact) mass is 308 g/mol. The Morgan fingerprint density at radius 3 is 2.39 bits per heavy atom. The van der Waals surface area contributed by atoms with Gasteiger partial charge in [-0.2, -0.15) is 0 Å². The van der Waals surface area contributed by atoms with Crippen molar-refractivity contribution in [3.8, 4) is 0 Å². The largest absolute Gasteiger partial charge is 0.444 e. The van der Waals surface area contributed by atoms with Crippen LogP contribution in [0.25, 0.3) is 0 Å². The van der Waals surface area contributed by atoms with Crippen LogP contribution < -0.4 is 10.6 Å². The molecule has 0 fully saturated rings. The zero-order chi connectivity index (χ0) is 13.0. The van der Waals surface area contributed by atoms with Crippen LogP contribution >= 0.6 is 15.9 Å². The Morgan fingerprint density at radius 2 is 1.78 bits per heavy atom. The molecule has 0 radical (unpaired) electrons. The van der Waals surface area contributed by atoms with Crippen molar-refractivity contribution in [1.82, 2.24) is 5.32 Å². The van der Waals surface area contributed by atoms with Crippen molar-refractivity contribution in [2.75, 3.05) is 5.32 Å². The fraction of sp³-hybridized carbons (Fsp3) is 0. The smallest absolute Gasteiger partial charge is 0.326 e. The van der Waals surface area contributed by atoms with E-state index in [-0.39, 0.29) is 5.76 Å². The Kier molecular flexibility index (Phi) is 3.78. The SMILES string of the molecule is O=C(NC(=O)c1ccc(Br)o1)Nc1ccccc1. The minimum Gasteiger partial charge on any atom is -0.444 e. The van der Waals surface area contributed by atoms with Gasteiger partial charge in [-0.05, 0) is 40.2 Å². The number of rotatable bonds is 2. The van der Waals surface area contributed by atoms with E-state index >= 15 is 0 Å². The first kappa shape index (κ1) is 12.4. The molecular formula is C12H9BrN2O3. The van der Waals surface area contributed by atoms with E-state index in [1.807, 2.05) is 6.07 Å². The lowest BCUT2D eigenvalue weighted by molar-refractivity contribution is 0.0938. The lowest BCUT2D eigenvalue weighted by Gasteiger charge is -2.04. The zero-order valence-electron chi connectivity index (χ0n) is 9.14. The Bertz CT molecular complexity index is 566. The molecule has 1 heterocycles. The third kappa shape index (κ3) is 3.21. The zero-order valence-corrected chi connectivity index (χ0v) is 10.7. The molecule has 0 atom stereocenters. The van der Waals surface area contributed by atoms with Crippen LogP contribution in [0.1, 0.15) is 10.6 Å². The molecule has 0 unspecified atom stereocenters. The highest BCUT2D eigenvalue weighted by atomic mass is 79.9. The van der Waals surface area contributed by atoms with E-state index < -0.39 is 11.9 Å². The van der Waals surface area contributed by atoms with E-state index in [1.54, 1.807) is 30.3 Å². The maximum Gasteiger partial charge on any atom is 0.326 e. The first-order chi connectivity index (χ1) is 8.65. The number of urea groups is 1. The summed E-state index contributed by atoms with van der Waals surface area (Å²) in [6.07, 6.45) is 0. The van der Waals surface area contributed by atoms with Gasteiger partial charge >= 0.3 is 6.03 Å². The van der Waals surface area contributed by atoms with Crippen LogP contribution in [-0.2, 0) is 0 Å². The van der Waals surface area contributed by atoms with Crippen LogP contribution in [0.15, 0.2) is 51.6 Å². The summed E-state index contributed by atoms with van der Waals surface area (Å²) in [5, 5.41) is 4.68. The lowest BCUT2D eigenvalue weighted by Crippen LogP contribution is -2.34. The topological polar surface area (TPSA) is 71.3 Å². The molecule has 18 heavy (non-hydrogen) atoms. The summed E-state index contributed by atoms with van der Waals surface area (Å²) in [5.41, 5.74) is 0.600. The summed E-state index contributed by atoms with van der Waals surface area (Å²) in [4.78, 5) is 23.1. The number of carbonyl (C=O) groups excluding carboxylic acids is 2. The maximum absolute atomic E-state index is 11.6. The number of benzene rings is 1. The first-order valence-electron chi connectivity index (χ1n) is 5.08. The number of furan rings is 1. The number of carbonyl (C=O) groups is 2. The number of hydrogen-bond donors (Lipinski definition) is 2. The number of halogens is 1. The fourth-order valence-electron chi connectivity index (χ4n) is 1.28. The second kappa shape index (κ2) is 5.50. The lowest BCUT2D eigenvalue weighted by atomic mass is 10.3. The highest BCUT2D eigenvalue weighted by Crippen LogP contribution is 2.13. The second-order valence-corrected chi connectivity index (χ2v) is 4.16. The quantitative estimate of drug-likeness (QED) is 0.896. The summed E-state index contributed by atoms with van der Waals surface area (Å²) in [5.74, 6) is -0.542. The van der Waals surface area contributed by atoms with Crippen molar-refractivity contribution in [1.29, 1.82) is 0 Å². The van der Waals surface area contributed by atoms with Gasteiger partial charge in [-0.15, -0.1) is 0 Å². The molecule has 0 aliphatic carbocycles. The number of nitrogens with one attached hydrogen (secondary N) is 2. The number of imide groups is 1. The minimum atomic E-state index is -0.612. The van der Waals surface area contributed by atoms with Crippen molar-refractivity contribution in [3.63, 3.8) is 0 Å². The predicted octanol–water partition coefficient (Wildman–Crippen LogP) is 3.00. The fourth-order valence-corrected chi connectivity index (χ4v) is 1.59. The van der Waals surface area contributed by atoms with Gasteiger partial charge in [-0.3, -0.25) is 10.1 Å². The van der Waals surface area contributed by atoms with Crippen LogP contribution in [0, 0.1) is 0 Å². The van der Waals surface area contributed by atoms with Gasteiger partial charge in [0, 0.05) is 5.69 Å². The number of para-hydroxylation sites is 1. The van der Waals surface area contributed by atoms with Crippen LogP contribution in [0.3, 0.4) is 0 Å². The van der Waals surface area contributed by atoms with Crippen LogP contribution in [0.5, 0.6) is 0 Å². The molecule has 2 rings (SSSR count). The summed E-state index contributed by atoms with van der Waals surface area (Å²) >= 11 is 3.07. The maximum atomic E-state index is 11.6. The highest BCUT2D eigenvalue weighted by molar-refractivity contribution is 9.10. The molecule has 1 aromatic heterocycles. The van der Waals surface area contributed by atoms with Crippen molar-refractivity contribution in [3.05, 3.63) is 52.9 Å². The van der Waals surface area contributed by atoms with E-state index in [9.17, 15) is 9.59 Å². The third-order valence-corrected chi connectivity index (χ3v) is 2.48. The summed E-state index contributed by atoms with van der Waals surface area (Å²) in [6, 6.07) is 11.2. The Morgan fingerprint density at radius 1 is 1.06 bits per heavy atom. The van der Waals surface area contributed by atoms with Crippen molar-refractivity contribution in [2.24, 2.45) is 0 Å². The second-order valence-electron chi connectivity index (χ2n) is 3.38. The van der Waals surface area contributed by atoms with Gasteiger partial charge in [0.1, 0.15) is 0 Å². The van der Waals surface area contributed by atoms with Gasteiger partial charge in [0.15, 0.2) is 10.4 Å². The Hall–Kier alpha value is -2.08. The average molecular weight is 309 g/mol. The third-order valence-electron chi connectivity index (χ3n) is 2.06. The number of hydrogen-bond acceptors (Lipinski definition) is 3. The van der Waals surface area contributed by atoms with Crippen molar-refractivity contribution >= 4 is 33.6 Å². The van der Waals surface area contributed by atoms with Crippen LogP contribution in [0.4, 0.5) is 10.5 Å². The van der Waals surface area contributed by atoms with E-state index in [4.69, 9.17) is 4.42 Å². The van der Waals surface area contributed by atoms with Gasteiger partial charge in [-0.25, -0.2) is 4.79 Å². The van der Waals surface area contributed by atoms with E-state index in [0.717, 1.165) is 0 Å². The molecule has 0 saturated carbocycles. The standard InChI is InChI=1S/C12H9BrN2O3/c13-10-7-6-9(18-10)11(16)15-12(17)14-8-4-2-1-3-5-8/h1-7H,(H2,14,15,16,17). The molecule has 0 saturated heterocycles. The van der Waals surface area contributed by atoms with Crippen LogP contribution in [0.2, 0.25) is 0 Å². The van der Waals surface area contributed by atoms with Crippen LogP contribution in [-0.4, -0.2) is 11.9 Å². The summed E-state index contributed by atoms with van der Waals surface area (Å²) in [6.45, 7) is 0. The van der Waals surface area contributed by atoms with Gasteiger partial charge < -0.3 is 9.73 Å². The molecule has 0 bridgehead atoms. The Labute approximate surface area is 111 Å². The summed E-state index contributed by atoms with van der Waals surface area (Å²) in [7, 11) is 0. The van der Waals surface area contributed by atoms with Gasteiger partial charge in [0.2, 0.25) is 0 Å². The predicted molar refractivity (Wildman–Crippen MR) is 69.3 cm³/mol. The molecule has 5 nitrogen and oxygen atoms in total. The minimum absolute atomic E-state index is 0.0603.